The number of benzene rings is 1. The van der Waals surface area contributed by atoms with Crippen LogP contribution in [0.4, 0.5) is 0 Å². The first kappa shape index (κ1) is 11.9. The van der Waals surface area contributed by atoms with Crippen molar-refractivity contribution in [2.24, 2.45) is 5.92 Å². The number of rotatable bonds is 4. The summed E-state index contributed by atoms with van der Waals surface area (Å²) >= 11 is 0. The highest BCUT2D eigenvalue weighted by Crippen LogP contribution is 2.18. The summed E-state index contributed by atoms with van der Waals surface area (Å²) in [6.07, 6.45) is 1.04. The Hall–Kier alpha value is -1.55. The Kier molecular flexibility index (Phi) is 3.98. The minimum atomic E-state index is -0.348. The van der Waals surface area contributed by atoms with E-state index in [9.17, 15) is 4.79 Å². The molecule has 0 aromatic heterocycles. The molecule has 1 aliphatic rings. The van der Waals surface area contributed by atoms with E-state index in [4.69, 9.17) is 9.47 Å². The maximum atomic E-state index is 11.3. The van der Waals surface area contributed by atoms with Crippen molar-refractivity contribution in [3.63, 3.8) is 0 Å². The monoisotopic (exact) mass is 236 g/mol. The largest absolute Gasteiger partial charge is 0.493 e. The SMILES string of the molecule is COC(=O)c1cccc(OC[C@@H]2CCOC2)c1. The molecule has 0 radical (unpaired) electrons. The summed E-state index contributed by atoms with van der Waals surface area (Å²) in [6.45, 7) is 2.21. The van der Waals surface area contributed by atoms with Crippen LogP contribution in [0.1, 0.15) is 16.8 Å². The lowest BCUT2D eigenvalue weighted by Crippen LogP contribution is -2.12. The summed E-state index contributed by atoms with van der Waals surface area (Å²) in [4.78, 5) is 11.3. The number of esters is 1. The molecule has 4 heteroatoms. The van der Waals surface area contributed by atoms with E-state index in [1.54, 1.807) is 18.2 Å². The van der Waals surface area contributed by atoms with Gasteiger partial charge in [0.2, 0.25) is 0 Å². The average molecular weight is 236 g/mol. The van der Waals surface area contributed by atoms with Crippen LogP contribution in [0.15, 0.2) is 24.3 Å². The molecule has 0 amide bonds. The molecule has 1 aliphatic heterocycles. The lowest BCUT2D eigenvalue weighted by atomic mass is 10.1. The number of hydrogen-bond donors (Lipinski definition) is 0. The predicted octanol–water partition coefficient (Wildman–Crippen LogP) is 1.89. The molecule has 1 aromatic carbocycles. The van der Waals surface area contributed by atoms with Crippen LogP contribution < -0.4 is 4.74 Å². The lowest BCUT2D eigenvalue weighted by Gasteiger charge is -2.10. The van der Waals surface area contributed by atoms with E-state index in [-0.39, 0.29) is 5.97 Å². The molecule has 17 heavy (non-hydrogen) atoms. The van der Waals surface area contributed by atoms with Gasteiger partial charge in [-0.15, -0.1) is 0 Å². The van der Waals surface area contributed by atoms with Crippen LogP contribution in [0.2, 0.25) is 0 Å². The average Bonchev–Trinajstić information content (AvgIpc) is 2.89. The molecule has 2 rings (SSSR count). The summed E-state index contributed by atoms with van der Waals surface area (Å²) in [5.41, 5.74) is 0.507. The second kappa shape index (κ2) is 5.68. The highest BCUT2D eigenvalue weighted by atomic mass is 16.5. The van der Waals surface area contributed by atoms with Crippen LogP contribution in [-0.2, 0) is 9.47 Å². The van der Waals surface area contributed by atoms with Gasteiger partial charge in [0.25, 0.3) is 0 Å². The molecule has 0 N–H and O–H groups in total. The van der Waals surface area contributed by atoms with Crippen LogP contribution in [0.25, 0.3) is 0 Å². The second-order valence-electron chi connectivity index (χ2n) is 4.06. The maximum absolute atomic E-state index is 11.3. The summed E-state index contributed by atoms with van der Waals surface area (Å²) in [5, 5.41) is 0. The Labute approximate surface area is 100 Å². The molecule has 1 atom stereocenters. The minimum absolute atomic E-state index is 0.348. The fraction of sp³-hybridized carbons (Fsp3) is 0.462. The Bertz CT molecular complexity index is 383. The topological polar surface area (TPSA) is 44.8 Å². The normalized spacial score (nSPS) is 19.0. The van der Waals surface area contributed by atoms with Crippen molar-refractivity contribution in [1.29, 1.82) is 0 Å². The van der Waals surface area contributed by atoms with Crippen molar-refractivity contribution < 1.29 is 19.0 Å². The van der Waals surface area contributed by atoms with Crippen LogP contribution in [-0.4, -0.2) is 32.9 Å². The van der Waals surface area contributed by atoms with Gasteiger partial charge in [-0.1, -0.05) is 6.07 Å². The van der Waals surface area contributed by atoms with Crippen LogP contribution in [0.3, 0.4) is 0 Å². The molecule has 0 unspecified atom stereocenters. The number of methoxy groups -OCH3 is 1. The van der Waals surface area contributed by atoms with Gasteiger partial charge in [0.1, 0.15) is 5.75 Å². The van der Waals surface area contributed by atoms with Gasteiger partial charge in [-0.25, -0.2) is 4.79 Å². The highest BCUT2D eigenvalue weighted by Gasteiger charge is 2.16. The lowest BCUT2D eigenvalue weighted by molar-refractivity contribution is 0.0600. The predicted molar refractivity (Wildman–Crippen MR) is 62.2 cm³/mol. The van der Waals surface area contributed by atoms with E-state index < -0.39 is 0 Å². The Morgan fingerprint density at radius 2 is 2.41 bits per heavy atom. The van der Waals surface area contributed by atoms with E-state index in [2.05, 4.69) is 4.74 Å². The molecule has 0 saturated carbocycles. The van der Waals surface area contributed by atoms with E-state index in [1.165, 1.54) is 7.11 Å². The third-order valence-corrected chi connectivity index (χ3v) is 2.76. The van der Waals surface area contributed by atoms with Crippen LogP contribution in [0.5, 0.6) is 5.75 Å². The van der Waals surface area contributed by atoms with Gasteiger partial charge in [-0.2, -0.15) is 0 Å². The molecule has 1 fully saturated rings. The van der Waals surface area contributed by atoms with Gasteiger partial charge >= 0.3 is 5.97 Å². The Morgan fingerprint density at radius 1 is 1.53 bits per heavy atom. The molecular weight excluding hydrogens is 220 g/mol. The zero-order chi connectivity index (χ0) is 12.1. The first-order valence-corrected chi connectivity index (χ1v) is 5.68. The second-order valence-corrected chi connectivity index (χ2v) is 4.06. The zero-order valence-corrected chi connectivity index (χ0v) is 9.85. The molecule has 0 aliphatic carbocycles. The molecule has 4 nitrogen and oxygen atoms in total. The van der Waals surface area contributed by atoms with Crippen LogP contribution in [0, 0.1) is 5.92 Å². The Balaban J connectivity index is 1.93. The van der Waals surface area contributed by atoms with Crippen molar-refractivity contribution in [2.45, 2.75) is 6.42 Å². The van der Waals surface area contributed by atoms with E-state index >= 15 is 0 Å². The van der Waals surface area contributed by atoms with Crippen LogP contribution >= 0.6 is 0 Å². The third-order valence-electron chi connectivity index (χ3n) is 2.76. The summed E-state index contributed by atoms with van der Waals surface area (Å²) < 4.78 is 15.6. The maximum Gasteiger partial charge on any atom is 0.337 e. The van der Waals surface area contributed by atoms with Gasteiger partial charge < -0.3 is 14.2 Å². The Morgan fingerprint density at radius 3 is 3.12 bits per heavy atom. The number of hydrogen-bond acceptors (Lipinski definition) is 4. The zero-order valence-electron chi connectivity index (χ0n) is 9.85. The molecule has 0 bridgehead atoms. The fourth-order valence-corrected chi connectivity index (χ4v) is 1.76. The smallest absolute Gasteiger partial charge is 0.337 e. The first-order valence-electron chi connectivity index (χ1n) is 5.68. The van der Waals surface area contributed by atoms with E-state index in [0.29, 0.717) is 23.8 Å². The van der Waals surface area contributed by atoms with Crippen molar-refractivity contribution in [2.75, 3.05) is 26.9 Å². The minimum Gasteiger partial charge on any atom is -0.493 e. The number of ether oxygens (including phenoxy) is 3. The van der Waals surface area contributed by atoms with Gasteiger partial charge in [0.05, 0.1) is 25.9 Å². The van der Waals surface area contributed by atoms with Gasteiger partial charge in [0, 0.05) is 12.5 Å². The van der Waals surface area contributed by atoms with Gasteiger partial charge in [-0.05, 0) is 24.6 Å². The van der Waals surface area contributed by atoms with Crippen molar-refractivity contribution >= 4 is 5.97 Å². The fourth-order valence-electron chi connectivity index (χ4n) is 1.76. The molecule has 0 spiro atoms. The molecule has 1 saturated heterocycles. The van der Waals surface area contributed by atoms with Gasteiger partial charge in [0.15, 0.2) is 0 Å². The van der Waals surface area contributed by atoms with Crippen molar-refractivity contribution in [1.82, 2.24) is 0 Å². The molecule has 92 valence electrons. The summed E-state index contributed by atoms with van der Waals surface area (Å²) in [5.74, 6) is 0.802. The molecule has 1 aromatic rings. The molecule has 1 heterocycles. The standard InChI is InChI=1S/C13H16O4/c1-15-13(14)11-3-2-4-12(7-11)17-9-10-5-6-16-8-10/h2-4,7,10H,5-6,8-9H2,1H3/t10-/m1/s1. The quantitative estimate of drug-likeness (QED) is 0.749. The van der Waals surface area contributed by atoms with Crippen molar-refractivity contribution in [3.8, 4) is 5.75 Å². The van der Waals surface area contributed by atoms with E-state index in [1.807, 2.05) is 6.07 Å². The third kappa shape index (κ3) is 3.20. The molecular formula is C13H16O4. The van der Waals surface area contributed by atoms with Crippen molar-refractivity contribution in [3.05, 3.63) is 29.8 Å². The highest BCUT2D eigenvalue weighted by molar-refractivity contribution is 5.89. The van der Waals surface area contributed by atoms with Gasteiger partial charge in [-0.3, -0.25) is 0 Å². The van der Waals surface area contributed by atoms with E-state index in [0.717, 1.165) is 19.6 Å². The first-order chi connectivity index (χ1) is 8.29. The summed E-state index contributed by atoms with van der Waals surface area (Å²) in [7, 11) is 1.37. The number of carbonyl (C=O) groups is 1. The summed E-state index contributed by atoms with van der Waals surface area (Å²) in [6, 6.07) is 7.02. The number of carbonyl (C=O) groups excluding carboxylic acids is 1.